The highest BCUT2D eigenvalue weighted by atomic mass is 15.3. The molecule has 4 aromatic rings. The van der Waals surface area contributed by atoms with E-state index in [0.29, 0.717) is 0 Å². The SMILES string of the molecule is C1=CCCC(c2nc3ccccc3nc2N2c3ccccc3C3c4ccccc4C=CC32)=C1. The number of allylic oxidation sites excluding steroid dienone is 4. The average molecular weight is 426 g/mol. The molecule has 1 aromatic heterocycles. The minimum Gasteiger partial charge on any atom is -0.316 e. The lowest BCUT2D eigenvalue weighted by molar-refractivity contribution is 0.718. The smallest absolute Gasteiger partial charge is 0.160 e. The van der Waals surface area contributed by atoms with E-state index in [9.17, 15) is 0 Å². The highest BCUT2D eigenvalue weighted by molar-refractivity contribution is 5.88. The van der Waals surface area contributed by atoms with Crippen LogP contribution >= 0.6 is 0 Å². The third-order valence-corrected chi connectivity index (χ3v) is 7.07. The van der Waals surface area contributed by atoms with Crippen LogP contribution in [-0.4, -0.2) is 16.0 Å². The largest absolute Gasteiger partial charge is 0.316 e. The third-order valence-electron chi connectivity index (χ3n) is 7.07. The van der Waals surface area contributed by atoms with Crippen molar-refractivity contribution in [2.75, 3.05) is 4.90 Å². The quantitative estimate of drug-likeness (QED) is 0.345. The van der Waals surface area contributed by atoms with Gasteiger partial charge in [0.25, 0.3) is 0 Å². The summed E-state index contributed by atoms with van der Waals surface area (Å²) in [5.41, 5.74) is 9.41. The van der Waals surface area contributed by atoms with Crippen LogP contribution in [0, 0.1) is 0 Å². The highest BCUT2D eigenvalue weighted by Gasteiger charge is 2.42. The van der Waals surface area contributed by atoms with Gasteiger partial charge in [-0.05, 0) is 53.3 Å². The minimum atomic E-state index is 0.172. The summed E-state index contributed by atoms with van der Waals surface area (Å²) < 4.78 is 0. The summed E-state index contributed by atoms with van der Waals surface area (Å²) in [5.74, 6) is 1.24. The van der Waals surface area contributed by atoms with Crippen molar-refractivity contribution < 1.29 is 0 Å². The number of benzene rings is 3. The van der Waals surface area contributed by atoms with Crippen molar-refractivity contribution in [3.63, 3.8) is 0 Å². The Morgan fingerprint density at radius 3 is 2.39 bits per heavy atom. The highest BCUT2D eigenvalue weighted by Crippen LogP contribution is 2.52. The topological polar surface area (TPSA) is 29.0 Å². The summed E-state index contributed by atoms with van der Waals surface area (Å²) in [4.78, 5) is 12.8. The molecule has 158 valence electrons. The van der Waals surface area contributed by atoms with Gasteiger partial charge >= 0.3 is 0 Å². The van der Waals surface area contributed by atoms with Gasteiger partial charge in [-0.1, -0.05) is 85.0 Å². The first-order valence-corrected chi connectivity index (χ1v) is 11.7. The monoisotopic (exact) mass is 425 g/mol. The first-order valence-electron chi connectivity index (χ1n) is 11.7. The fourth-order valence-corrected chi connectivity index (χ4v) is 5.59. The molecular formula is C30H23N3. The van der Waals surface area contributed by atoms with Crippen LogP contribution in [0.1, 0.15) is 41.1 Å². The first kappa shape index (κ1) is 18.6. The Morgan fingerprint density at radius 2 is 1.55 bits per heavy atom. The summed E-state index contributed by atoms with van der Waals surface area (Å²) in [6.07, 6.45) is 13.2. The molecular weight excluding hydrogens is 402 g/mol. The van der Waals surface area contributed by atoms with E-state index >= 15 is 0 Å². The number of anilines is 2. The molecule has 0 radical (unpaired) electrons. The van der Waals surface area contributed by atoms with Crippen molar-refractivity contribution in [3.8, 4) is 0 Å². The Hall–Kier alpha value is -3.98. The molecule has 0 N–H and O–H groups in total. The fraction of sp³-hybridized carbons (Fsp3) is 0.133. The first-order chi connectivity index (χ1) is 16.4. The van der Waals surface area contributed by atoms with E-state index in [4.69, 9.17) is 9.97 Å². The number of hydrogen-bond donors (Lipinski definition) is 0. The molecule has 2 heterocycles. The van der Waals surface area contributed by atoms with Crippen molar-refractivity contribution in [1.82, 2.24) is 9.97 Å². The van der Waals surface area contributed by atoms with Crippen molar-refractivity contribution in [2.24, 2.45) is 0 Å². The van der Waals surface area contributed by atoms with Crippen LogP contribution in [0.2, 0.25) is 0 Å². The van der Waals surface area contributed by atoms with E-state index in [-0.39, 0.29) is 12.0 Å². The maximum Gasteiger partial charge on any atom is 0.160 e. The Kier molecular flexibility index (Phi) is 4.10. The van der Waals surface area contributed by atoms with E-state index < -0.39 is 0 Å². The van der Waals surface area contributed by atoms with Crippen LogP contribution in [0.3, 0.4) is 0 Å². The second kappa shape index (κ2) is 7.28. The van der Waals surface area contributed by atoms with Gasteiger partial charge in [-0.2, -0.15) is 0 Å². The summed E-state index contributed by atoms with van der Waals surface area (Å²) in [6, 6.07) is 26.0. The molecule has 0 fully saturated rings. The van der Waals surface area contributed by atoms with Crippen LogP contribution in [0.15, 0.2) is 97.1 Å². The summed E-state index contributed by atoms with van der Waals surface area (Å²) in [7, 11) is 0. The number of hydrogen-bond acceptors (Lipinski definition) is 3. The van der Waals surface area contributed by atoms with Gasteiger partial charge < -0.3 is 4.90 Å². The van der Waals surface area contributed by atoms with Crippen LogP contribution < -0.4 is 4.90 Å². The lowest BCUT2D eigenvalue weighted by atomic mass is 9.81. The molecule has 3 aliphatic rings. The van der Waals surface area contributed by atoms with Gasteiger partial charge in [0.15, 0.2) is 5.82 Å². The van der Waals surface area contributed by atoms with Crippen LogP contribution in [0.5, 0.6) is 0 Å². The van der Waals surface area contributed by atoms with E-state index in [0.717, 1.165) is 35.4 Å². The zero-order valence-electron chi connectivity index (χ0n) is 18.2. The van der Waals surface area contributed by atoms with Crippen LogP contribution in [0.4, 0.5) is 11.5 Å². The summed E-state index contributed by atoms with van der Waals surface area (Å²) >= 11 is 0. The zero-order valence-corrected chi connectivity index (χ0v) is 18.2. The molecule has 3 aromatic carbocycles. The van der Waals surface area contributed by atoms with Gasteiger partial charge in [-0.25, -0.2) is 9.97 Å². The fourth-order valence-electron chi connectivity index (χ4n) is 5.59. The van der Waals surface area contributed by atoms with Crippen molar-refractivity contribution in [2.45, 2.75) is 24.8 Å². The molecule has 7 rings (SSSR count). The molecule has 0 amide bonds. The second-order valence-electron chi connectivity index (χ2n) is 8.93. The summed E-state index contributed by atoms with van der Waals surface area (Å²) in [6.45, 7) is 0. The Balaban J connectivity index is 1.50. The number of para-hydroxylation sites is 3. The Morgan fingerprint density at radius 1 is 0.788 bits per heavy atom. The van der Waals surface area contributed by atoms with Crippen molar-refractivity contribution in [1.29, 1.82) is 0 Å². The van der Waals surface area contributed by atoms with E-state index in [1.54, 1.807) is 0 Å². The molecule has 1 aliphatic heterocycles. The van der Waals surface area contributed by atoms with Gasteiger partial charge in [0.2, 0.25) is 0 Å². The van der Waals surface area contributed by atoms with Gasteiger partial charge in [0.1, 0.15) is 5.69 Å². The van der Waals surface area contributed by atoms with E-state index in [2.05, 4.69) is 95.9 Å². The second-order valence-corrected chi connectivity index (χ2v) is 8.93. The van der Waals surface area contributed by atoms with Gasteiger partial charge in [-0.3, -0.25) is 0 Å². The molecule has 0 saturated heterocycles. The van der Waals surface area contributed by atoms with Gasteiger partial charge in [0, 0.05) is 11.6 Å². The standard InChI is InChI=1S/C30H23N3/c1-2-11-21(12-3-1)29-30(32-25-16-8-7-15-24(25)31-29)33-26-17-9-6-14-23(26)28-22-13-5-4-10-20(22)18-19-27(28)33/h1-2,4-11,13-19,27-28H,3,12H2. The average Bonchev–Trinajstić information content (AvgIpc) is 3.23. The lowest BCUT2D eigenvalue weighted by Crippen LogP contribution is -2.32. The molecule has 3 heteroatoms. The Labute approximate surface area is 193 Å². The zero-order chi connectivity index (χ0) is 21.8. The molecule has 0 spiro atoms. The number of nitrogens with zero attached hydrogens (tertiary/aromatic N) is 3. The van der Waals surface area contributed by atoms with Crippen molar-refractivity contribution in [3.05, 3.63) is 119 Å². The number of fused-ring (bicyclic) bond motifs is 6. The molecule has 0 bridgehead atoms. The molecule has 2 unspecified atom stereocenters. The molecule has 3 nitrogen and oxygen atoms in total. The predicted octanol–water partition coefficient (Wildman–Crippen LogP) is 7.04. The van der Waals surface area contributed by atoms with Crippen LogP contribution in [0.25, 0.3) is 22.7 Å². The van der Waals surface area contributed by atoms with Crippen molar-refractivity contribution >= 4 is 34.2 Å². The Bertz CT molecular complexity index is 1490. The predicted molar refractivity (Wildman–Crippen MR) is 136 cm³/mol. The molecule has 2 aliphatic carbocycles. The third kappa shape index (κ3) is 2.82. The summed E-state index contributed by atoms with van der Waals surface area (Å²) in [5, 5.41) is 0. The maximum absolute atomic E-state index is 5.24. The molecule has 0 saturated carbocycles. The minimum absolute atomic E-state index is 0.172. The van der Waals surface area contributed by atoms with Crippen LogP contribution in [-0.2, 0) is 0 Å². The van der Waals surface area contributed by atoms with E-state index in [1.807, 2.05) is 12.1 Å². The normalized spacial score (nSPS) is 20.4. The number of rotatable bonds is 2. The number of aromatic nitrogens is 2. The lowest BCUT2D eigenvalue weighted by Gasteiger charge is -2.32. The van der Waals surface area contributed by atoms with E-state index in [1.165, 1.54) is 28.0 Å². The molecule has 2 atom stereocenters. The maximum atomic E-state index is 5.24. The van der Waals surface area contributed by atoms with Gasteiger partial charge in [0.05, 0.1) is 17.1 Å². The molecule has 33 heavy (non-hydrogen) atoms. The van der Waals surface area contributed by atoms with Gasteiger partial charge in [-0.15, -0.1) is 0 Å².